The molecule has 1 N–H and O–H groups in total. The Morgan fingerprint density at radius 1 is 1.27 bits per heavy atom. The van der Waals surface area contributed by atoms with E-state index in [0.29, 0.717) is 12.8 Å². The van der Waals surface area contributed by atoms with Gasteiger partial charge in [-0.1, -0.05) is 13.8 Å². The van der Waals surface area contributed by atoms with Crippen molar-refractivity contribution < 1.29 is 32.3 Å². The first kappa shape index (κ1) is 21.4. The highest BCUT2D eigenvalue weighted by Gasteiger charge is 2.66. The lowest BCUT2D eigenvalue weighted by molar-refractivity contribution is -0.144. The van der Waals surface area contributed by atoms with Crippen molar-refractivity contribution in [2.24, 2.45) is 28.6 Å². The van der Waals surface area contributed by atoms with Crippen LogP contribution in [-0.2, 0) is 33.9 Å². The maximum Gasteiger partial charge on any atom is 0.324 e. The number of carbonyl (C=O) groups excluding carboxylic acids is 4. The third kappa shape index (κ3) is 2.86. The van der Waals surface area contributed by atoms with Crippen molar-refractivity contribution in [3.05, 3.63) is 0 Å². The number of ketones is 2. The zero-order chi connectivity index (χ0) is 22.1. The predicted octanol–water partition coefficient (Wildman–Crippen LogP) is -0.110. The second kappa shape index (κ2) is 6.85. The van der Waals surface area contributed by atoms with Crippen molar-refractivity contribution in [3.8, 4) is 0 Å². The molecule has 2 aliphatic carbocycles. The number of hydrogen-bond acceptors (Lipinski definition) is 7. The van der Waals surface area contributed by atoms with Crippen molar-refractivity contribution in [3.63, 3.8) is 0 Å². The fraction of sp³-hybridized carbons (Fsp3) is 0.800. The van der Waals surface area contributed by atoms with Crippen molar-refractivity contribution in [2.45, 2.75) is 45.6 Å². The number of nitrogens with zero attached hydrogens (tertiary/aromatic N) is 1. The monoisotopic (exact) mass is 440 g/mol. The van der Waals surface area contributed by atoms with E-state index < -0.39 is 50.6 Å². The van der Waals surface area contributed by atoms with E-state index in [-0.39, 0.29) is 42.7 Å². The number of esters is 1. The minimum absolute atomic E-state index is 0.0250. The SMILES string of the molecule is COC(=O)C1CC(C2C(=O)CNC2=O)CN1S(=O)(=O)CC12CCC(CC1=O)C2(C)C. The largest absolute Gasteiger partial charge is 0.468 e. The summed E-state index contributed by atoms with van der Waals surface area (Å²) in [6.45, 7) is 3.72. The Hall–Kier alpha value is -1.81. The molecule has 30 heavy (non-hydrogen) atoms. The van der Waals surface area contributed by atoms with Crippen molar-refractivity contribution in [1.82, 2.24) is 9.62 Å². The molecule has 2 aliphatic heterocycles. The van der Waals surface area contributed by atoms with Gasteiger partial charge in [-0.15, -0.1) is 0 Å². The maximum atomic E-state index is 13.5. The number of Topliss-reactive ketones (excluding diaryl/α,β-unsaturated/α-hetero) is 2. The van der Waals surface area contributed by atoms with Gasteiger partial charge >= 0.3 is 5.97 Å². The smallest absolute Gasteiger partial charge is 0.324 e. The van der Waals surface area contributed by atoms with Gasteiger partial charge < -0.3 is 10.1 Å². The Balaban J connectivity index is 1.64. The van der Waals surface area contributed by atoms with E-state index in [1.165, 1.54) is 7.11 Å². The molecule has 0 aromatic rings. The van der Waals surface area contributed by atoms with E-state index in [2.05, 4.69) is 5.32 Å². The first-order chi connectivity index (χ1) is 13.9. The summed E-state index contributed by atoms with van der Waals surface area (Å²) < 4.78 is 33.0. The van der Waals surface area contributed by atoms with Gasteiger partial charge in [-0.05, 0) is 36.5 Å². The van der Waals surface area contributed by atoms with E-state index in [1.807, 2.05) is 13.8 Å². The number of hydrogen-bond donors (Lipinski definition) is 1. The first-order valence-corrected chi connectivity index (χ1v) is 12.0. The number of nitrogens with one attached hydrogen (secondary N) is 1. The number of sulfonamides is 1. The standard InChI is InChI=1S/C20H28N2O7S/c1-19(2)12-4-5-20(19,15(24)7-12)10-30(27,28)22-9-11(6-13(22)18(26)29-3)16-14(23)8-21-17(16)25/h11-13,16H,4-10H2,1-3H3,(H,21,25). The molecule has 2 heterocycles. The lowest BCUT2D eigenvalue weighted by Crippen LogP contribution is -2.49. The van der Waals surface area contributed by atoms with E-state index in [4.69, 9.17) is 4.74 Å². The van der Waals surface area contributed by atoms with Crippen LogP contribution in [0.4, 0.5) is 0 Å². The second-order valence-electron chi connectivity index (χ2n) is 9.69. The normalized spacial score (nSPS) is 38.3. The minimum Gasteiger partial charge on any atom is -0.468 e. The van der Waals surface area contributed by atoms with Crippen LogP contribution in [0.25, 0.3) is 0 Å². The number of rotatable bonds is 5. The van der Waals surface area contributed by atoms with Crippen molar-refractivity contribution in [1.29, 1.82) is 0 Å². The van der Waals surface area contributed by atoms with Gasteiger partial charge in [0.15, 0.2) is 5.78 Å². The quantitative estimate of drug-likeness (QED) is 0.467. The number of methoxy groups -OCH3 is 1. The molecule has 9 nitrogen and oxygen atoms in total. The van der Waals surface area contributed by atoms with Crippen LogP contribution >= 0.6 is 0 Å². The zero-order valence-electron chi connectivity index (χ0n) is 17.5. The first-order valence-electron chi connectivity index (χ1n) is 10.4. The fourth-order valence-corrected chi connectivity index (χ4v) is 8.70. The maximum absolute atomic E-state index is 13.5. The Bertz CT molecular complexity index is 911. The lowest BCUT2D eigenvalue weighted by Gasteiger charge is -2.37. The summed E-state index contributed by atoms with van der Waals surface area (Å²) >= 11 is 0. The van der Waals surface area contributed by atoms with Gasteiger partial charge in [-0.3, -0.25) is 19.2 Å². The number of ether oxygens (including phenoxy) is 1. The predicted molar refractivity (Wildman–Crippen MR) is 104 cm³/mol. The molecule has 0 radical (unpaired) electrons. The van der Waals surface area contributed by atoms with E-state index in [0.717, 1.165) is 10.7 Å². The van der Waals surface area contributed by atoms with Crippen LogP contribution < -0.4 is 5.32 Å². The second-order valence-corrected chi connectivity index (χ2v) is 11.6. The van der Waals surface area contributed by atoms with Gasteiger partial charge in [-0.2, -0.15) is 4.31 Å². The van der Waals surface area contributed by atoms with Gasteiger partial charge in [0.2, 0.25) is 15.9 Å². The Kier molecular flexibility index (Phi) is 4.89. The lowest BCUT2D eigenvalue weighted by atomic mass is 9.70. The van der Waals surface area contributed by atoms with Gasteiger partial charge in [0, 0.05) is 18.4 Å². The molecule has 4 aliphatic rings. The van der Waals surface area contributed by atoms with E-state index in [1.54, 1.807) is 0 Å². The topological polar surface area (TPSA) is 127 Å². The molecule has 5 atom stereocenters. The summed E-state index contributed by atoms with van der Waals surface area (Å²) in [5.41, 5.74) is -1.39. The molecule has 0 aromatic carbocycles. The molecule has 0 spiro atoms. The van der Waals surface area contributed by atoms with Crippen LogP contribution in [-0.4, -0.2) is 68.2 Å². The summed E-state index contributed by atoms with van der Waals surface area (Å²) in [6, 6.07) is -1.10. The van der Waals surface area contributed by atoms with Gasteiger partial charge in [0.25, 0.3) is 0 Å². The molecule has 1 amide bonds. The Morgan fingerprint density at radius 3 is 2.47 bits per heavy atom. The summed E-state index contributed by atoms with van der Waals surface area (Å²) in [4.78, 5) is 49.5. The van der Waals surface area contributed by atoms with Gasteiger partial charge in [-0.25, -0.2) is 8.42 Å². The van der Waals surface area contributed by atoms with Crippen LogP contribution in [0.2, 0.25) is 0 Å². The van der Waals surface area contributed by atoms with Crippen molar-refractivity contribution >= 4 is 33.5 Å². The molecule has 2 saturated heterocycles. The Morgan fingerprint density at radius 2 is 1.97 bits per heavy atom. The number of amides is 1. The van der Waals surface area contributed by atoms with Crippen LogP contribution in [0.1, 0.15) is 39.5 Å². The summed E-state index contributed by atoms with van der Waals surface area (Å²) in [5.74, 6) is -3.21. The van der Waals surface area contributed by atoms with Gasteiger partial charge in [0.05, 0.1) is 19.4 Å². The van der Waals surface area contributed by atoms with E-state index in [9.17, 15) is 27.6 Å². The highest BCUT2D eigenvalue weighted by atomic mass is 32.2. The molecule has 10 heteroatoms. The molecule has 2 saturated carbocycles. The molecule has 4 fully saturated rings. The third-order valence-electron chi connectivity index (χ3n) is 8.22. The number of carbonyl (C=O) groups is 4. The highest BCUT2D eigenvalue weighted by Crippen LogP contribution is 2.64. The van der Waals surface area contributed by atoms with E-state index >= 15 is 0 Å². The molecular weight excluding hydrogens is 412 g/mol. The molecule has 4 rings (SSSR count). The molecule has 2 bridgehead atoms. The molecule has 0 aromatic heterocycles. The molecular formula is C20H28N2O7S. The zero-order valence-corrected chi connectivity index (χ0v) is 18.3. The van der Waals surface area contributed by atoms with Crippen LogP contribution in [0.3, 0.4) is 0 Å². The fourth-order valence-electron chi connectivity index (χ4n) is 6.26. The van der Waals surface area contributed by atoms with Crippen LogP contribution in [0.5, 0.6) is 0 Å². The van der Waals surface area contributed by atoms with Crippen LogP contribution in [0, 0.1) is 28.6 Å². The average Bonchev–Trinajstić information content (AvgIpc) is 3.35. The average molecular weight is 441 g/mol. The summed E-state index contributed by atoms with van der Waals surface area (Å²) in [6.07, 6.45) is 1.77. The Labute approximate surface area is 175 Å². The third-order valence-corrected chi connectivity index (χ3v) is 10.2. The highest BCUT2D eigenvalue weighted by molar-refractivity contribution is 7.89. The summed E-state index contributed by atoms with van der Waals surface area (Å²) in [5, 5.41) is 2.49. The molecule has 5 unspecified atom stereocenters. The van der Waals surface area contributed by atoms with Crippen molar-refractivity contribution in [2.75, 3.05) is 26.0 Å². The number of fused-ring (bicyclic) bond motifs is 2. The minimum atomic E-state index is -4.02. The van der Waals surface area contributed by atoms with Crippen LogP contribution in [0.15, 0.2) is 0 Å². The summed E-state index contributed by atoms with van der Waals surface area (Å²) in [7, 11) is -2.85. The molecule has 166 valence electrons. The van der Waals surface area contributed by atoms with Gasteiger partial charge in [0.1, 0.15) is 17.7 Å².